The molecule has 2 rings (SSSR count). The van der Waals surface area contributed by atoms with Crippen LogP contribution >= 0.6 is 23.2 Å². The second-order valence-corrected chi connectivity index (χ2v) is 6.45. The molecule has 0 bridgehead atoms. The van der Waals surface area contributed by atoms with Gasteiger partial charge in [0.1, 0.15) is 5.75 Å². The third kappa shape index (κ3) is 6.30. The highest BCUT2D eigenvalue weighted by Crippen LogP contribution is 2.22. The predicted octanol–water partition coefficient (Wildman–Crippen LogP) is 5.22. The van der Waals surface area contributed by atoms with E-state index in [2.05, 4.69) is 10.6 Å². The molecule has 4 nitrogen and oxygen atoms in total. The van der Waals surface area contributed by atoms with Gasteiger partial charge in [-0.2, -0.15) is 0 Å². The van der Waals surface area contributed by atoms with Crippen molar-refractivity contribution in [3.63, 3.8) is 0 Å². The number of anilines is 2. The van der Waals surface area contributed by atoms with Crippen molar-refractivity contribution in [2.24, 2.45) is 0 Å². The van der Waals surface area contributed by atoms with Gasteiger partial charge in [-0.05, 0) is 56.3 Å². The highest BCUT2D eigenvalue weighted by atomic mass is 35.5. The highest BCUT2D eigenvalue weighted by Gasteiger charge is 2.04. The number of carbonyl (C=O) groups excluding carboxylic acids is 1. The minimum Gasteiger partial charge on any atom is -0.491 e. The maximum Gasteiger partial charge on any atom is 0.226 e. The quantitative estimate of drug-likeness (QED) is 0.705. The van der Waals surface area contributed by atoms with E-state index in [4.69, 9.17) is 27.9 Å². The van der Waals surface area contributed by atoms with Crippen LogP contribution in [-0.4, -0.2) is 18.6 Å². The van der Waals surface area contributed by atoms with E-state index in [0.29, 0.717) is 23.0 Å². The third-order valence-electron chi connectivity index (χ3n) is 3.05. The van der Waals surface area contributed by atoms with Crippen molar-refractivity contribution in [1.82, 2.24) is 0 Å². The number of amides is 1. The Balaban J connectivity index is 1.78. The number of hydrogen-bond acceptors (Lipinski definition) is 3. The van der Waals surface area contributed by atoms with Gasteiger partial charge < -0.3 is 15.4 Å². The zero-order chi connectivity index (χ0) is 17.5. The summed E-state index contributed by atoms with van der Waals surface area (Å²) >= 11 is 11.9. The highest BCUT2D eigenvalue weighted by molar-refractivity contribution is 6.35. The van der Waals surface area contributed by atoms with Gasteiger partial charge in [0.25, 0.3) is 0 Å². The van der Waals surface area contributed by atoms with E-state index >= 15 is 0 Å². The molecule has 0 aliphatic rings. The van der Waals surface area contributed by atoms with Gasteiger partial charge in [0.05, 0.1) is 6.10 Å². The topological polar surface area (TPSA) is 50.4 Å². The number of hydrogen-bond donors (Lipinski definition) is 2. The molecule has 2 N–H and O–H groups in total. The zero-order valence-electron chi connectivity index (χ0n) is 13.6. The molecule has 0 spiro atoms. The van der Waals surface area contributed by atoms with E-state index in [1.54, 1.807) is 18.2 Å². The fourth-order valence-electron chi connectivity index (χ4n) is 2.09. The number of halogens is 2. The molecule has 128 valence electrons. The van der Waals surface area contributed by atoms with Crippen molar-refractivity contribution in [3.05, 3.63) is 52.5 Å². The van der Waals surface area contributed by atoms with Crippen LogP contribution in [0.2, 0.25) is 10.0 Å². The molecule has 0 aliphatic heterocycles. The first-order chi connectivity index (χ1) is 11.4. The number of rotatable bonds is 7. The number of ether oxygens (including phenoxy) is 1. The van der Waals surface area contributed by atoms with Gasteiger partial charge >= 0.3 is 0 Å². The lowest BCUT2D eigenvalue weighted by molar-refractivity contribution is -0.115. The average molecular weight is 367 g/mol. The van der Waals surface area contributed by atoms with Crippen LogP contribution in [0.5, 0.6) is 5.75 Å². The van der Waals surface area contributed by atoms with E-state index in [9.17, 15) is 4.79 Å². The molecule has 0 radical (unpaired) electrons. The van der Waals surface area contributed by atoms with Gasteiger partial charge in [0.15, 0.2) is 0 Å². The molecule has 0 fully saturated rings. The first-order valence-electron chi connectivity index (χ1n) is 7.69. The second kappa shape index (κ2) is 8.81. The minimum absolute atomic E-state index is 0.0758. The Kier molecular flexibility index (Phi) is 6.76. The van der Waals surface area contributed by atoms with Crippen LogP contribution in [0.25, 0.3) is 0 Å². The lowest BCUT2D eigenvalue weighted by Crippen LogP contribution is -2.16. The molecule has 0 aliphatic carbocycles. The third-order valence-corrected chi connectivity index (χ3v) is 3.49. The molecule has 2 aromatic carbocycles. The lowest BCUT2D eigenvalue weighted by atomic mass is 10.2. The summed E-state index contributed by atoms with van der Waals surface area (Å²) in [6.45, 7) is 4.42. The standard InChI is InChI=1S/C18H20Cl2N2O2/c1-12(2)24-17-5-3-15(4-6-17)22-18(23)7-8-21-16-10-13(19)9-14(20)11-16/h3-6,9-12,21H,7-8H2,1-2H3,(H,22,23). The number of benzene rings is 2. The minimum atomic E-state index is -0.0758. The first-order valence-corrected chi connectivity index (χ1v) is 8.44. The Hall–Kier alpha value is -1.91. The van der Waals surface area contributed by atoms with Gasteiger partial charge in [-0.25, -0.2) is 0 Å². The normalized spacial score (nSPS) is 10.5. The molecule has 2 aromatic rings. The molecular formula is C18H20Cl2N2O2. The lowest BCUT2D eigenvalue weighted by Gasteiger charge is -2.11. The fourth-order valence-corrected chi connectivity index (χ4v) is 2.61. The maximum atomic E-state index is 12.0. The van der Waals surface area contributed by atoms with Gasteiger partial charge in [-0.15, -0.1) is 0 Å². The summed E-state index contributed by atoms with van der Waals surface area (Å²) in [6, 6.07) is 12.5. The van der Waals surface area contributed by atoms with Gasteiger partial charge in [0, 0.05) is 34.4 Å². The second-order valence-electron chi connectivity index (χ2n) is 5.57. The number of nitrogens with one attached hydrogen (secondary N) is 2. The summed E-state index contributed by atoms with van der Waals surface area (Å²) in [5.41, 5.74) is 1.53. The summed E-state index contributed by atoms with van der Waals surface area (Å²) in [7, 11) is 0. The summed E-state index contributed by atoms with van der Waals surface area (Å²) in [5.74, 6) is 0.704. The van der Waals surface area contributed by atoms with Crippen LogP contribution in [0.15, 0.2) is 42.5 Å². The van der Waals surface area contributed by atoms with Crippen molar-refractivity contribution < 1.29 is 9.53 Å². The van der Waals surface area contributed by atoms with Crippen LogP contribution in [0.4, 0.5) is 11.4 Å². The molecule has 0 atom stereocenters. The van der Waals surface area contributed by atoms with Crippen molar-refractivity contribution in [2.75, 3.05) is 17.2 Å². The summed E-state index contributed by atoms with van der Waals surface area (Å²) in [5, 5.41) is 7.08. The van der Waals surface area contributed by atoms with Gasteiger partial charge in [-0.1, -0.05) is 23.2 Å². The van der Waals surface area contributed by atoms with Crippen LogP contribution in [0.3, 0.4) is 0 Å². The van der Waals surface area contributed by atoms with Crippen molar-refractivity contribution in [2.45, 2.75) is 26.4 Å². The van der Waals surface area contributed by atoms with Crippen LogP contribution in [-0.2, 0) is 4.79 Å². The Morgan fingerprint density at radius 1 is 1.04 bits per heavy atom. The molecule has 0 saturated carbocycles. The fraction of sp³-hybridized carbons (Fsp3) is 0.278. The Morgan fingerprint density at radius 3 is 2.25 bits per heavy atom. The Bertz CT molecular complexity index is 668. The maximum absolute atomic E-state index is 12.0. The van der Waals surface area contributed by atoms with Crippen LogP contribution in [0.1, 0.15) is 20.3 Å². The summed E-state index contributed by atoms with van der Waals surface area (Å²) in [6.07, 6.45) is 0.450. The predicted molar refractivity (Wildman–Crippen MR) is 100 cm³/mol. The molecule has 0 unspecified atom stereocenters. The molecular weight excluding hydrogens is 347 g/mol. The summed E-state index contributed by atoms with van der Waals surface area (Å²) in [4.78, 5) is 12.0. The SMILES string of the molecule is CC(C)Oc1ccc(NC(=O)CCNc2cc(Cl)cc(Cl)c2)cc1. The monoisotopic (exact) mass is 366 g/mol. The molecule has 24 heavy (non-hydrogen) atoms. The smallest absolute Gasteiger partial charge is 0.226 e. The first kappa shape index (κ1) is 18.4. The van der Waals surface area contributed by atoms with E-state index in [1.165, 1.54) is 0 Å². The van der Waals surface area contributed by atoms with Crippen LogP contribution < -0.4 is 15.4 Å². The van der Waals surface area contributed by atoms with Crippen molar-refractivity contribution >= 4 is 40.5 Å². The van der Waals surface area contributed by atoms with E-state index in [1.807, 2.05) is 38.1 Å². The van der Waals surface area contributed by atoms with E-state index in [-0.39, 0.29) is 12.0 Å². The zero-order valence-corrected chi connectivity index (χ0v) is 15.1. The van der Waals surface area contributed by atoms with Gasteiger partial charge in [-0.3, -0.25) is 4.79 Å². The molecule has 0 heterocycles. The number of carbonyl (C=O) groups is 1. The molecule has 1 amide bonds. The average Bonchev–Trinajstić information content (AvgIpc) is 2.48. The Labute approximate surface area is 152 Å². The molecule has 0 saturated heterocycles. The molecule has 0 aromatic heterocycles. The van der Waals surface area contributed by atoms with Crippen molar-refractivity contribution in [3.8, 4) is 5.75 Å². The van der Waals surface area contributed by atoms with Crippen molar-refractivity contribution in [1.29, 1.82) is 0 Å². The van der Waals surface area contributed by atoms with Crippen LogP contribution in [0, 0.1) is 0 Å². The molecule has 6 heteroatoms. The summed E-state index contributed by atoms with van der Waals surface area (Å²) < 4.78 is 5.56. The van der Waals surface area contributed by atoms with E-state index in [0.717, 1.165) is 17.1 Å². The van der Waals surface area contributed by atoms with Gasteiger partial charge in [0.2, 0.25) is 5.91 Å². The Morgan fingerprint density at radius 2 is 1.67 bits per heavy atom. The van der Waals surface area contributed by atoms with E-state index < -0.39 is 0 Å². The largest absolute Gasteiger partial charge is 0.491 e.